The molecular weight excluding hydrogens is 489 g/mol. The zero-order valence-electron chi connectivity index (χ0n) is 21.6. The number of aryl methyl sites for hydroxylation is 1. The predicted molar refractivity (Wildman–Crippen MR) is 147 cm³/mol. The summed E-state index contributed by atoms with van der Waals surface area (Å²) in [5.74, 6) is 1.98. The van der Waals surface area contributed by atoms with Crippen molar-refractivity contribution >= 4 is 38.3 Å². The van der Waals surface area contributed by atoms with Gasteiger partial charge in [0.2, 0.25) is 0 Å². The SMILES string of the molecule is COCCC1CCN(Cc2sc3c(N4CCOCC4)nc(-c4cc(F)cc5[nH]ccc45)nc3c2C)CC1. The van der Waals surface area contributed by atoms with Gasteiger partial charge in [0.25, 0.3) is 0 Å². The molecule has 196 valence electrons. The van der Waals surface area contributed by atoms with Gasteiger partial charge >= 0.3 is 0 Å². The Morgan fingerprint density at radius 1 is 1.16 bits per heavy atom. The number of hydrogen-bond acceptors (Lipinski definition) is 7. The highest BCUT2D eigenvalue weighted by Crippen LogP contribution is 2.39. The average Bonchev–Trinajstić information content (AvgIpc) is 3.52. The van der Waals surface area contributed by atoms with Crippen molar-refractivity contribution in [3.8, 4) is 11.4 Å². The van der Waals surface area contributed by atoms with E-state index in [1.54, 1.807) is 13.2 Å². The molecule has 6 rings (SSSR count). The summed E-state index contributed by atoms with van der Waals surface area (Å²) in [6.45, 7) is 9.13. The highest BCUT2D eigenvalue weighted by atomic mass is 32.1. The molecule has 0 bridgehead atoms. The number of likely N-dealkylation sites (tertiary alicyclic amines) is 1. The van der Waals surface area contributed by atoms with Crippen LogP contribution in [0.2, 0.25) is 0 Å². The third-order valence-corrected chi connectivity index (χ3v) is 9.10. The number of H-pyrrole nitrogens is 1. The molecular formula is C28H34FN5O2S. The lowest BCUT2D eigenvalue weighted by molar-refractivity contribution is 0.122. The highest BCUT2D eigenvalue weighted by molar-refractivity contribution is 7.19. The van der Waals surface area contributed by atoms with Crippen molar-refractivity contribution in [3.05, 3.63) is 40.7 Å². The number of aromatic amines is 1. The molecule has 1 N–H and O–H groups in total. The van der Waals surface area contributed by atoms with Gasteiger partial charge in [-0.1, -0.05) is 0 Å². The Labute approximate surface area is 220 Å². The summed E-state index contributed by atoms with van der Waals surface area (Å²) in [5, 5.41) is 0.929. The Balaban J connectivity index is 1.37. The maximum Gasteiger partial charge on any atom is 0.163 e. The van der Waals surface area contributed by atoms with Crippen molar-refractivity contribution < 1.29 is 13.9 Å². The molecule has 5 heterocycles. The van der Waals surface area contributed by atoms with Gasteiger partial charge in [0, 0.05) is 60.9 Å². The summed E-state index contributed by atoms with van der Waals surface area (Å²) in [5.41, 5.74) is 3.66. The molecule has 2 aliphatic rings. The molecule has 0 saturated carbocycles. The van der Waals surface area contributed by atoms with Crippen LogP contribution in [0.5, 0.6) is 0 Å². The topological polar surface area (TPSA) is 66.5 Å². The highest BCUT2D eigenvalue weighted by Gasteiger charge is 2.25. The third kappa shape index (κ3) is 4.97. The lowest BCUT2D eigenvalue weighted by Gasteiger charge is -2.31. The van der Waals surface area contributed by atoms with E-state index in [1.807, 2.05) is 23.6 Å². The monoisotopic (exact) mass is 523 g/mol. The smallest absolute Gasteiger partial charge is 0.163 e. The van der Waals surface area contributed by atoms with Crippen LogP contribution in [0.3, 0.4) is 0 Å². The normalized spacial score (nSPS) is 17.9. The molecule has 2 aliphatic heterocycles. The van der Waals surface area contributed by atoms with Crippen LogP contribution in [-0.4, -0.2) is 73.0 Å². The van der Waals surface area contributed by atoms with E-state index in [4.69, 9.17) is 19.4 Å². The molecule has 2 saturated heterocycles. The van der Waals surface area contributed by atoms with E-state index in [0.29, 0.717) is 19.0 Å². The Hall–Kier alpha value is -2.59. The number of morpholine rings is 1. The van der Waals surface area contributed by atoms with E-state index in [0.717, 1.165) is 84.2 Å². The summed E-state index contributed by atoms with van der Waals surface area (Å²) in [7, 11) is 1.79. The number of nitrogens with zero attached hydrogens (tertiary/aromatic N) is 4. The summed E-state index contributed by atoms with van der Waals surface area (Å²) in [6, 6.07) is 5.04. The lowest BCUT2D eigenvalue weighted by atomic mass is 9.94. The van der Waals surface area contributed by atoms with Gasteiger partial charge in [0.1, 0.15) is 5.82 Å². The number of aromatic nitrogens is 3. The Morgan fingerprint density at radius 2 is 1.97 bits per heavy atom. The van der Waals surface area contributed by atoms with Gasteiger partial charge in [-0.3, -0.25) is 4.90 Å². The molecule has 3 aromatic heterocycles. The quantitative estimate of drug-likeness (QED) is 0.351. The standard InChI is InChI=1S/C28H34FN5O2S/c1-18-24(17-33-8-4-19(5-9-33)6-12-35-2)37-26-25(18)31-27(32-28(26)34-10-13-36-14-11-34)22-15-20(29)16-23-21(22)3-7-30-23/h3,7,15-16,19,30H,4-6,8-14,17H2,1-2H3. The van der Waals surface area contributed by atoms with E-state index in [2.05, 4.69) is 21.7 Å². The van der Waals surface area contributed by atoms with Crippen molar-refractivity contribution in [3.63, 3.8) is 0 Å². The van der Waals surface area contributed by atoms with Crippen LogP contribution in [0.4, 0.5) is 10.2 Å². The predicted octanol–water partition coefficient (Wildman–Crippen LogP) is 5.37. The Kier molecular flexibility index (Phi) is 7.12. The molecule has 1 aromatic carbocycles. The number of anilines is 1. The second-order valence-electron chi connectivity index (χ2n) is 10.2. The van der Waals surface area contributed by atoms with Crippen LogP contribution in [0.15, 0.2) is 24.4 Å². The largest absolute Gasteiger partial charge is 0.385 e. The molecule has 0 aliphatic carbocycles. The molecule has 0 spiro atoms. The first-order valence-corrected chi connectivity index (χ1v) is 14.0. The molecule has 37 heavy (non-hydrogen) atoms. The Bertz CT molecular complexity index is 1390. The van der Waals surface area contributed by atoms with Crippen molar-refractivity contribution in [2.75, 3.05) is 58.0 Å². The van der Waals surface area contributed by atoms with Crippen molar-refractivity contribution in [1.82, 2.24) is 19.9 Å². The first-order valence-electron chi connectivity index (χ1n) is 13.2. The van der Waals surface area contributed by atoms with E-state index >= 15 is 0 Å². The number of thiophene rings is 1. The Morgan fingerprint density at radius 3 is 2.76 bits per heavy atom. The number of hydrogen-bond donors (Lipinski definition) is 1. The van der Waals surface area contributed by atoms with Crippen molar-refractivity contribution in [2.45, 2.75) is 32.7 Å². The van der Waals surface area contributed by atoms with Gasteiger partial charge < -0.3 is 19.4 Å². The van der Waals surface area contributed by atoms with Gasteiger partial charge in [0.05, 0.1) is 23.4 Å². The number of methoxy groups -OCH3 is 1. The number of ether oxygens (including phenoxy) is 2. The first kappa shape index (κ1) is 24.7. The molecule has 0 atom stereocenters. The van der Waals surface area contributed by atoms with Crippen LogP contribution >= 0.6 is 11.3 Å². The fourth-order valence-electron chi connectivity index (χ4n) is 5.62. The van der Waals surface area contributed by atoms with E-state index in [-0.39, 0.29) is 5.82 Å². The third-order valence-electron chi connectivity index (χ3n) is 7.84. The van der Waals surface area contributed by atoms with Gasteiger partial charge in [-0.05, 0) is 69.0 Å². The van der Waals surface area contributed by atoms with E-state index in [9.17, 15) is 4.39 Å². The minimum atomic E-state index is -0.293. The number of piperidine rings is 1. The summed E-state index contributed by atoms with van der Waals surface area (Å²) in [6.07, 6.45) is 5.44. The molecule has 7 nitrogen and oxygen atoms in total. The number of rotatable bonds is 7. The maximum absolute atomic E-state index is 14.6. The van der Waals surface area contributed by atoms with Crippen LogP contribution in [0.25, 0.3) is 32.5 Å². The maximum atomic E-state index is 14.6. The van der Waals surface area contributed by atoms with Gasteiger partial charge in [-0.25, -0.2) is 14.4 Å². The van der Waals surface area contributed by atoms with Gasteiger partial charge in [0.15, 0.2) is 11.6 Å². The number of nitrogens with one attached hydrogen (secondary N) is 1. The molecule has 0 unspecified atom stereocenters. The second-order valence-corrected chi connectivity index (χ2v) is 11.3. The van der Waals surface area contributed by atoms with Crippen LogP contribution in [0.1, 0.15) is 29.7 Å². The number of halogens is 1. The van der Waals surface area contributed by atoms with Crippen LogP contribution in [0, 0.1) is 18.7 Å². The van der Waals surface area contributed by atoms with Crippen molar-refractivity contribution in [2.24, 2.45) is 5.92 Å². The number of fused-ring (bicyclic) bond motifs is 2. The first-order chi connectivity index (χ1) is 18.1. The summed E-state index contributed by atoms with van der Waals surface area (Å²) >= 11 is 1.82. The van der Waals surface area contributed by atoms with E-state index < -0.39 is 0 Å². The van der Waals surface area contributed by atoms with Gasteiger partial charge in [-0.15, -0.1) is 11.3 Å². The zero-order valence-corrected chi connectivity index (χ0v) is 22.4. The van der Waals surface area contributed by atoms with Crippen LogP contribution < -0.4 is 4.90 Å². The summed E-state index contributed by atoms with van der Waals surface area (Å²) < 4.78 is 26.6. The lowest BCUT2D eigenvalue weighted by Crippen LogP contribution is -2.36. The van der Waals surface area contributed by atoms with Crippen LogP contribution in [-0.2, 0) is 16.0 Å². The molecule has 2 fully saturated rings. The number of benzene rings is 1. The van der Waals surface area contributed by atoms with E-state index in [1.165, 1.54) is 29.3 Å². The molecule has 0 amide bonds. The zero-order chi connectivity index (χ0) is 25.4. The average molecular weight is 524 g/mol. The van der Waals surface area contributed by atoms with Crippen molar-refractivity contribution in [1.29, 1.82) is 0 Å². The second kappa shape index (κ2) is 10.6. The fraction of sp³-hybridized carbons (Fsp3) is 0.500. The molecule has 9 heteroatoms. The fourth-order valence-corrected chi connectivity index (χ4v) is 6.92. The minimum absolute atomic E-state index is 0.293. The van der Waals surface area contributed by atoms with Gasteiger partial charge in [-0.2, -0.15) is 0 Å². The summed E-state index contributed by atoms with van der Waals surface area (Å²) in [4.78, 5) is 19.5. The molecule has 4 aromatic rings. The minimum Gasteiger partial charge on any atom is -0.385 e. The molecule has 0 radical (unpaired) electrons.